The van der Waals surface area contributed by atoms with Crippen LogP contribution in [0.15, 0.2) is 54.6 Å². The number of hydrogen-bond acceptors (Lipinski definition) is 5. The van der Waals surface area contributed by atoms with E-state index < -0.39 is 0 Å². The summed E-state index contributed by atoms with van der Waals surface area (Å²) in [6.45, 7) is 7.43. The Balaban J connectivity index is 1.07. The monoisotopic (exact) mass is 545 g/mol. The van der Waals surface area contributed by atoms with Gasteiger partial charge in [0.2, 0.25) is 11.8 Å². The molecular weight excluding hydrogens is 502 g/mol. The first-order valence-electron chi connectivity index (χ1n) is 15.1. The predicted molar refractivity (Wildman–Crippen MR) is 154 cm³/mol. The number of likely N-dealkylation sites (tertiary alicyclic amines) is 3. The largest absolute Gasteiger partial charge is 0.497 e. The fourth-order valence-electron chi connectivity index (χ4n) is 7.47. The van der Waals surface area contributed by atoms with Crippen LogP contribution in [0.5, 0.6) is 5.75 Å². The van der Waals surface area contributed by atoms with Gasteiger partial charge in [0.25, 0.3) is 0 Å². The first-order chi connectivity index (χ1) is 19.5. The molecule has 4 heterocycles. The van der Waals surface area contributed by atoms with Crippen LogP contribution < -0.4 is 4.74 Å². The fraction of sp³-hybridized carbons (Fsp3) is 0.576. The molecule has 0 aromatic heterocycles. The van der Waals surface area contributed by atoms with Crippen molar-refractivity contribution in [2.24, 2.45) is 17.3 Å². The second-order valence-electron chi connectivity index (χ2n) is 12.3. The van der Waals surface area contributed by atoms with E-state index in [1.54, 1.807) is 7.11 Å². The second-order valence-corrected chi connectivity index (χ2v) is 12.3. The van der Waals surface area contributed by atoms with Crippen molar-refractivity contribution >= 4 is 11.8 Å². The van der Waals surface area contributed by atoms with Gasteiger partial charge in [-0.05, 0) is 74.4 Å². The maximum Gasteiger partial charge on any atom is 0.229 e. The minimum Gasteiger partial charge on any atom is -0.497 e. The molecule has 7 nitrogen and oxygen atoms in total. The second kappa shape index (κ2) is 11.9. The predicted octanol–water partition coefficient (Wildman–Crippen LogP) is 4.18. The molecule has 2 aromatic rings. The summed E-state index contributed by atoms with van der Waals surface area (Å²) in [6.07, 6.45) is 4.50. The SMILES string of the molecule is COc1ccc(CN2CCC3(CCN(C[C@H]4CN(C(=O)C5CCOCC5)C[C@@H]4c4ccccc4)CC3)C2=O)cc1. The van der Waals surface area contributed by atoms with Crippen molar-refractivity contribution < 1.29 is 19.1 Å². The average molecular weight is 546 g/mol. The summed E-state index contributed by atoms with van der Waals surface area (Å²) in [6, 6.07) is 18.8. The van der Waals surface area contributed by atoms with Crippen molar-refractivity contribution in [3.05, 3.63) is 65.7 Å². The topological polar surface area (TPSA) is 62.3 Å². The van der Waals surface area contributed by atoms with E-state index in [0.717, 1.165) is 82.7 Å². The minimum atomic E-state index is -0.206. The zero-order valence-electron chi connectivity index (χ0n) is 23.8. The van der Waals surface area contributed by atoms with Crippen molar-refractivity contribution in [2.45, 2.75) is 44.6 Å². The van der Waals surface area contributed by atoms with Gasteiger partial charge >= 0.3 is 0 Å². The number of benzene rings is 2. The van der Waals surface area contributed by atoms with E-state index in [9.17, 15) is 9.59 Å². The molecule has 0 N–H and O–H groups in total. The molecule has 4 aliphatic rings. The van der Waals surface area contributed by atoms with Gasteiger partial charge in [-0.2, -0.15) is 0 Å². The van der Waals surface area contributed by atoms with Gasteiger partial charge < -0.3 is 24.2 Å². The van der Waals surface area contributed by atoms with Crippen LogP contribution >= 0.6 is 0 Å². The van der Waals surface area contributed by atoms with Crippen LogP contribution in [0.25, 0.3) is 0 Å². The Morgan fingerprint density at radius 1 is 0.950 bits per heavy atom. The van der Waals surface area contributed by atoms with Crippen LogP contribution in [0.2, 0.25) is 0 Å². The van der Waals surface area contributed by atoms with Crippen molar-refractivity contribution in [3.63, 3.8) is 0 Å². The van der Waals surface area contributed by atoms with E-state index in [2.05, 4.69) is 57.2 Å². The number of nitrogens with zero attached hydrogens (tertiary/aromatic N) is 3. The van der Waals surface area contributed by atoms with Crippen LogP contribution in [0.4, 0.5) is 0 Å². The Morgan fingerprint density at radius 2 is 1.65 bits per heavy atom. The first-order valence-corrected chi connectivity index (χ1v) is 15.1. The summed E-state index contributed by atoms with van der Waals surface area (Å²) in [5, 5.41) is 0. The Kier molecular flexibility index (Phi) is 8.12. The standard InChI is InChI=1S/C33H43N3O4/c1-39-29-9-7-25(8-10-29)21-35-18-15-33(32(35)38)13-16-34(17-14-33)22-28-23-36(31(37)27-11-19-40-20-12-27)24-30(28)26-5-3-2-4-6-26/h2-10,27-28,30H,11-24H2,1H3/t28-,30+/m0/s1. The molecule has 0 saturated carbocycles. The van der Waals surface area contributed by atoms with Gasteiger partial charge in [0.15, 0.2) is 0 Å². The zero-order valence-corrected chi connectivity index (χ0v) is 23.8. The number of ether oxygens (including phenoxy) is 2. The Bertz CT molecular complexity index is 1160. The van der Waals surface area contributed by atoms with E-state index in [-0.39, 0.29) is 11.3 Å². The third-order valence-electron chi connectivity index (χ3n) is 9.99. The molecule has 2 amide bonds. The molecule has 7 heteroatoms. The van der Waals surface area contributed by atoms with E-state index in [0.29, 0.717) is 43.4 Å². The smallest absolute Gasteiger partial charge is 0.229 e. The maximum atomic E-state index is 13.6. The molecule has 2 aromatic carbocycles. The minimum absolute atomic E-state index is 0.105. The lowest BCUT2D eigenvalue weighted by Gasteiger charge is -2.39. The quantitative estimate of drug-likeness (QED) is 0.523. The van der Waals surface area contributed by atoms with Crippen LogP contribution in [0, 0.1) is 17.3 Å². The van der Waals surface area contributed by atoms with Crippen LogP contribution in [-0.2, 0) is 20.9 Å². The number of carbonyl (C=O) groups is 2. The van der Waals surface area contributed by atoms with Gasteiger partial charge in [-0.25, -0.2) is 0 Å². The number of methoxy groups -OCH3 is 1. The first kappa shape index (κ1) is 27.3. The highest BCUT2D eigenvalue weighted by Crippen LogP contribution is 2.43. The Morgan fingerprint density at radius 3 is 2.35 bits per heavy atom. The molecule has 0 aliphatic carbocycles. The third-order valence-corrected chi connectivity index (χ3v) is 9.99. The van der Waals surface area contributed by atoms with E-state index in [1.165, 1.54) is 5.56 Å². The highest BCUT2D eigenvalue weighted by molar-refractivity contribution is 5.85. The zero-order chi connectivity index (χ0) is 27.5. The highest BCUT2D eigenvalue weighted by Gasteiger charge is 2.48. The number of carbonyl (C=O) groups excluding carboxylic acids is 2. The number of rotatable bonds is 7. The fourth-order valence-corrected chi connectivity index (χ4v) is 7.47. The Hall–Kier alpha value is -2.90. The third kappa shape index (κ3) is 5.64. The van der Waals surface area contributed by atoms with Gasteiger partial charge in [0.05, 0.1) is 12.5 Å². The van der Waals surface area contributed by atoms with Crippen molar-refractivity contribution in [2.75, 3.05) is 59.6 Å². The van der Waals surface area contributed by atoms with Crippen molar-refractivity contribution in [3.8, 4) is 5.75 Å². The molecule has 0 radical (unpaired) electrons. The normalized spacial score (nSPS) is 25.6. The lowest BCUT2D eigenvalue weighted by molar-refractivity contribution is -0.139. The average Bonchev–Trinajstić information content (AvgIpc) is 3.56. The number of amides is 2. The summed E-state index contributed by atoms with van der Waals surface area (Å²) in [5.74, 6) is 2.36. The molecule has 4 fully saturated rings. The van der Waals surface area contributed by atoms with E-state index in [4.69, 9.17) is 9.47 Å². The lowest BCUT2D eigenvalue weighted by Crippen LogP contribution is -2.46. The van der Waals surface area contributed by atoms with Gasteiger partial charge in [0.1, 0.15) is 5.75 Å². The summed E-state index contributed by atoms with van der Waals surface area (Å²) < 4.78 is 10.8. The molecular formula is C33H43N3O4. The molecule has 0 unspecified atom stereocenters. The molecule has 4 aliphatic heterocycles. The van der Waals surface area contributed by atoms with Crippen LogP contribution in [0.3, 0.4) is 0 Å². The van der Waals surface area contributed by atoms with Gasteiger partial charge in [-0.15, -0.1) is 0 Å². The molecule has 4 saturated heterocycles. The number of piperidine rings is 1. The van der Waals surface area contributed by atoms with E-state index in [1.807, 2.05) is 12.1 Å². The molecule has 2 atom stereocenters. The summed E-state index contributed by atoms with van der Waals surface area (Å²) in [5.41, 5.74) is 2.28. The number of hydrogen-bond donors (Lipinski definition) is 0. The van der Waals surface area contributed by atoms with E-state index >= 15 is 0 Å². The molecule has 214 valence electrons. The van der Waals surface area contributed by atoms with Gasteiger partial charge in [-0.3, -0.25) is 9.59 Å². The molecule has 1 spiro atoms. The maximum absolute atomic E-state index is 13.6. The molecule has 0 bridgehead atoms. The van der Waals surface area contributed by atoms with Gasteiger partial charge in [0, 0.05) is 57.8 Å². The van der Waals surface area contributed by atoms with Crippen molar-refractivity contribution in [1.82, 2.24) is 14.7 Å². The highest BCUT2D eigenvalue weighted by atomic mass is 16.5. The summed E-state index contributed by atoms with van der Waals surface area (Å²) in [7, 11) is 1.67. The summed E-state index contributed by atoms with van der Waals surface area (Å²) >= 11 is 0. The Labute approximate surface area is 238 Å². The lowest BCUT2D eigenvalue weighted by atomic mass is 9.76. The molecule has 40 heavy (non-hydrogen) atoms. The molecule has 6 rings (SSSR count). The van der Waals surface area contributed by atoms with Gasteiger partial charge in [-0.1, -0.05) is 42.5 Å². The summed E-state index contributed by atoms with van der Waals surface area (Å²) in [4.78, 5) is 33.8. The van der Waals surface area contributed by atoms with Crippen molar-refractivity contribution in [1.29, 1.82) is 0 Å². The van der Waals surface area contributed by atoms with Crippen LogP contribution in [-0.4, -0.2) is 86.1 Å². The van der Waals surface area contributed by atoms with Crippen LogP contribution in [0.1, 0.15) is 49.1 Å².